The normalized spacial score (nSPS) is 12.1. The lowest BCUT2D eigenvalue weighted by atomic mass is 10.3. The van der Waals surface area contributed by atoms with Crippen LogP contribution in [-0.2, 0) is 9.53 Å². The zero-order valence-electron chi connectivity index (χ0n) is 6.61. The number of esters is 1. The van der Waals surface area contributed by atoms with Crippen LogP contribution in [0.5, 0.6) is 0 Å². The highest BCUT2D eigenvalue weighted by Crippen LogP contribution is 1.93. The van der Waals surface area contributed by atoms with Crippen LogP contribution < -0.4 is 5.73 Å². The van der Waals surface area contributed by atoms with Crippen molar-refractivity contribution in [1.29, 1.82) is 0 Å². The molecule has 0 saturated heterocycles. The summed E-state index contributed by atoms with van der Waals surface area (Å²) in [6, 6.07) is -0.592. The zero-order valence-corrected chi connectivity index (χ0v) is 8.32. The Balaban J connectivity index is 0. The monoisotopic (exact) mass is 199 g/mol. The molecule has 0 spiro atoms. The Bertz CT molecular complexity index is 121. The van der Waals surface area contributed by atoms with E-state index in [1.807, 2.05) is 0 Å². The zero-order chi connectivity index (χ0) is 8.15. The molecule has 0 fully saturated rings. The Labute approximate surface area is 78.5 Å². The van der Waals surface area contributed by atoms with Crippen molar-refractivity contribution in [3.05, 3.63) is 0 Å². The average Bonchev–Trinajstić information content (AvgIpc) is 1.85. The molecular weight excluding hydrogens is 186 g/mol. The lowest BCUT2D eigenvalue weighted by Crippen LogP contribution is -2.35. The van der Waals surface area contributed by atoms with E-state index in [-0.39, 0.29) is 24.5 Å². The van der Waals surface area contributed by atoms with E-state index in [9.17, 15) is 4.79 Å². The molecule has 3 nitrogen and oxygen atoms in total. The van der Waals surface area contributed by atoms with Gasteiger partial charge in [-0.1, -0.05) is 0 Å². The first kappa shape index (κ1) is 13.6. The molecule has 0 saturated carbocycles. The Hall–Kier alpha value is 0.0700. The molecule has 0 rings (SSSR count). The van der Waals surface area contributed by atoms with Gasteiger partial charge < -0.3 is 10.5 Å². The molecule has 0 aromatic carbocycles. The first-order chi connectivity index (χ1) is 4.57. The Morgan fingerprint density at radius 2 is 2.09 bits per heavy atom. The molecule has 5 heteroatoms. The number of hydrogen-bond acceptors (Lipinski definition) is 4. The molecule has 0 aromatic rings. The lowest BCUT2D eigenvalue weighted by molar-refractivity contribution is -0.148. The van der Waals surface area contributed by atoms with Gasteiger partial charge in [-0.2, -0.15) is 12.6 Å². The maximum atomic E-state index is 10.8. The van der Waals surface area contributed by atoms with Gasteiger partial charge in [-0.25, -0.2) is 0 Å². The highest BCUT2D eigenvalue weighted by Gasteiger charge is 2.13. The summed E-state index contributed by atoms with van der Waals surface area (Å²) in [5, 5.41) is 0. The van der Waals surface area contributed by atoms with Crippen LogP contribution in [0.3, 0.4) is 0 Å². The number of ether oxygens (including phenoxy) is 1. The predicted molar refractivity (Wildman–Crippen MR) is 50.3 cm³/mol. The van der Waals surface area contributed by atoms with Crippen LogP contribution in [0.1, 0.15) is 13.8 Å². The van der Waals surface area contributed by atoms with Crippen molar-refractivity contribution < 1.29 is 9.53 Å². The van der Waals surface area contributed by atoms with E-state index >= 15 is 0 Å². The first-order valence-electron chi connectivity index (χ1n) is 3.15. The molecule has 0 unspecified atom stereocenters. The van der Waals surface area contributed by atoms with Crippen LogP contribution in [0.2, 0.25) is 0 Å². The van der Waals surface area contributed by atoms with Crippen molar-refractivity contribution in [1.82, 2.24) is 0 Å². The van der Waals surface area contributed by atoms with Gasteiger partial charge in [0.05, 0.1) is 6.10 Å². The van der Waals surface area contributed by atoms with Crippen molar-refractivity contribution >= 4 is 31.0 Å². The van der Waals surface area contributed by atoms with E-state index < -0.39 is 6.04 Å². The van der Waals surface area contributed by atoms with Gasteiger partial charge in [0, 0.05) is 5.75 Å². The largest absolute Gasteiger partial charge is 0.462 e. The summed E-state index contributed by atoms with van der Waals surface area (Å²) >= 11 is 3.85. The van der Waals surface area contributed by atoms with E-state index in [0.29, 0.717) is 5.75 Å². The fourth-order valence-corrected chi connectivity index (χ4v) is 0.543. The van der Waals surface area contributed by atoms with E-state index in [4.69, 9.17) is 10.5 Å². The van der Waals surface area contributed by atoms with Crippen molar-refractivity contribution in [2.24, 2.45) is 5.73 Å². The highest BCUT2D eigenvalue weighted by atomic mass is 35.5. The topological polar surface area (TPSA) is 52.3 Å². The molecule has 0 bridgehead atoms. The van der Waals surface area contributed by atoms with Gasteiger partial charge in [-0.3, -0.25) is 4.79 Å². The lowest BCUT2D eigenvalue weighted by Gasteiger charge is -2.10. The molecule has 0 aliphatic rings. The minimum atomic E-state index is -0.592. The van der Waals surface area contributed by atoms with Crippen LogP contribution in [0.4, 0.5) is 0 Å². The van der Waals surface area contributed by atoms with Gasteiger partial charge in [-0.05, 0) is 13.8 Å². The summed E-state index contributed by atoms with van der Waals surface area (Å²) in [4.78, 5) is 10.8. The maximum Gasteiger partial charge on any atom is 0.324 e. The number of carbonyl (C=O) groups is 1. The Morgan fingerprint density at radius 1 is 1.64 bits per heavy atom. The van der Waals surface area contributed by atoms with Gasteiger partial charge in [0.25, 0.3) is 0 Å². The summed E-state index contributed by atoms with van der Waals surface area (Å²) in [7, 11) is 0. The van der Waals surface area contributed by atoms with Crippen LogP contribution >= 0.6 is 25.0 Å². The molecule has 0 amide bonds. The van der Waals surface area contributed by atoms with Crippen molar-refractivity contribution in [3.8, 4) is 0 Å². The number of nitrogens with two attached hydrogens (primary N) is 1. The molecule has 0 radical (unpaired) electrons. The molecule has 0 aliphatic carbocycles. The third-order valence-corrected chi connectivity index (χ3v) is 1.24. The Morgan fingerprint density at radius 3 is 2.36 bits per heavy atom. The number of thiol groups is 1. The van der Waals surface area contributed by atoms with Gasteiger partial charge >= 0.3 is 5.97 Å². The number of halogens is 1. The molecule has 68 valence electrons. The second kappa shape index (κ2) is 6.76. The molecule has 0 aromatic heterocycles. The van der Waals surface area contributed by atoms with E-state index in [0.717, 1.165) is 0 Å². The van der Waals surface area contributed by atoms with E-state index in [1.165, 1.54) is 0 Å². The van der Waals surface area contributed by atoms with Crippen LogP contribution in [0.25, 0.3) is 0 Å². The molecule has 1 atom stereocenters. The fourth-order valence-electron chi connectivity index (χ4n) is 0.394. The summed E-state index contributed by atoms with van der Waals surface area (Å²) < 4.78 is 4.79. The third-order valence-electron chi connectivity index (χ3n) is 0.851. The van der Waals surface area contributed by atoms with Crippen LogP contribution in [0.15, 0.2) is 0 Å². The van der Waals surface area contributed by atoms with Crippen molar-refractivity contribution in [2.45, 2.75) is 26.0 Å². The molecule has 0 aliphatic heterocycles. The average molecular weight is 200 g/mol. The number of hydrogen-bond donors (Lipinski definition) is 2. The third kappa shape index (κ3) is 6.47. The first-order valence-corrected chi connectivity index (χ1v) is 3.78. The van der Waals surface area contributed by atoms with Gasteiger partial charge in [0.2, 0.25) is 0 Å². The van der Waals surface area contributed by atoms with Crippen molar-refractivity contribution in [2.75, 3.05) is 5.75 Å². The van der Waals surface area contributed by atoms with Gasteiger partial charge in [0.1, 0.15) is 6.04 Å². The van der Waals surface area contributed by atoms with Crippen molar-refractivity contribution in [3.63, 3.8) is 0 Å². The minimum absolute atomic E-state index is 0. The van der Waals surface area contributed by atoms with Crippen LogP contribution in [-0.4, -0.2) is 23.9 Å². The standard InChI is InChI=1S/C6H13NO2S.ClH/c1-4(2)9-6(8)5(7)3-10;/h4-5,10H,3,7H2,1-2H3;1H/t5-;/m0./s1. The van der Waals surface area contributed by atoms with Gasteiger partial charge in [0.15, 0.2) is 0 Å². The molecular formula is C6H14ClNO2S. The quantitative estimate of drug-likeness (QED) is 0.518. The smallest absolute Gasteiger partial charge is 0.324 e. The summed E-state index contributed by atoms with van der Waals surface area (Å²) in [5.41, 5.74) is 5.31. The molecule has 2 N–H and O–H groups in total. The molecule has 0 heterocycles. The predicted octanol–water partition coefficient (Wildman–Crippen LogP) is 0.617. The Kier molecular flexibility index (Phi) is 8.39. The summed E-state index contributed by atoms with van der Waals surface area (Å²) in [5.74, 6) is -0.0593. The highest BCUT2D eigenvalue weighted by molar-refractivity contribution is 7.80. The van der Waals surface area contributed by atoms with Gasteiger partial charge in [-0.15, -0.1) is 12.4 Å². The number of carbonyl (C=O) groups excluding carboxylic acids is 1. The summed E-state index contributed by atoms with van der Waals surface area (Å²) in [6.45, 7) is 3.56. The second-order valence-corrected chi connectivity index (χ2v) is 2.64. The van der Waals surface area contributed by atoms with E-state index in [1.54, 1.807) is 13.8 Å². The SMILES string of the molecule is CC(C)OC(=O)[C@@H](N)CS.Cl. The second-order valence-electron chi connectivity index (χ2n) is 2.27. The molecule has 11 heavy (non-hydrogen) atoms. The minimum Gasteiger partial charge on any atom is -0.462 e. The van der Waals surface area contributed by atoms with E-state index in [2.05, 4.69) is 12.6 Å². The fraction of sp³-hybridized carbons (Fsp3) is 0.833. The number of rotatable bonds is 3. The summed E-state index contributed by atoms with van der Waals surface area (Å²) in [6.07, 6.45) is -0.0987. The maximum absolute atomic E-state index is 10.8. The van der Waals surface area contributed by atoms with Crippen LogP contribution in [0, 0.1) is 0 Å².